The molecule has 0 spiro atoms. The van der Waals surface area contributed by atoms with Crippen molar-refractivity contribution in [1.82, 2.24) is 19.7 Å². The number of hydrogen-bond donors (Lipinski definition) is 1. The fraction of sp³-hybridized carbons (Fsp3) is 0.526. The Balaban J connectivity index is 1.62. The van der Waals surface area contributed by atoms with Gasteiger partial charge in [-0.05, 0) is 30.7 Å². The summed E-state index contributed by atoms with van der Waals surface area (Å²) in [6.45, 7) is 6.43. The smallest absolute Gasteiger partial charge is 0.104 e. The van der Waals surface area contributed by atoms with E-state index in [1.165, 1.54) is 11.4 Å². The zero-order chi connectivity index (χ0) is 17.5. The van der Waals surface area contributed by atoms with E-state index in [-0.39, 0.29) is 0 Å². The van der Waals surface area contributed by atoms with Gasteiger partial charge in [0.05, 0.1) is 6.10 Å². The van der Waals surface area contributed by atoms with Gasteiger partial charge in [-0.2, -0.15) is 0 Å². The zero-order valence-electron chi connectivity index (χ0n) is 14.6. The molecule has 6 heteroatoms. The number of aromatic nitrogens is 1. The van der Waals surface area contributed by atoms with E-state index in [1.54, 1.807) is 0 Å². The monoisotopic (exact) mass is 362 g/mol. The number of β-amino-alcohol motifs (C(OH)–C–C–N with tert-alkyl or cyclic N) is 1. The normalized spacial score (nSPS) is 20.3. The highest BCUT2D eigenvalue weighted by atomic mass is 35.5. The molecule has 0 radical (unpaired) electrons. The van der Waals surface area contributed by atoms with Crippen LogP contribution in [0.15, 0.2) is 48.6 Å². The number of halogens is 1. The molecule has 3 heterocycles. The van der Waals surface area contributed by atoms with Crippen LogP contribution in [0.5, 0.6) is 0 Å². The SMILES string of the molecule is OC(CCl)CN1CCCN(C2=CC=CCN2Cc2cccnc2)CC1. The molecule has 136 valence electrons. The Kier molecular flexibility index (Phi) is 6.73. The van der Waals surface area contributed by atoms with Crippen LogP contribution in [-0.2, 0) is 6.54 Å². The quantitative estimate of drug-likeness (QED) is 0.783. The van der Waals surface area contributed by atoms with Gasteiger partial charge in [-0.3, -0.25) is 9.88 Å². The predicted octanol–water partition coefficient (Wildman–Crippen LogP) is 1.90. The number of alkyl halides is 1. The van der Waals surface area contributed by atoms with Gasteiger partial charge in [-0.15, -0.1) is 11.6 Å². The molecule has 0 saturated carbocycles. The fourth-order valence-corrected chi connectivity index (χ4v) is 3.53. The zero-order valence-corrected chi connectivity index (χ0v) is 15.4. The minimum absolute atomic E-state index is 0.301. The van der Waals surface area contributed by atoms with E-state index in [0.29, 0.717) is 12.4 Å². The molecule has 1 unspecified atom stereocenters. The molecule has 1 atom stereocenters. The first-order chi connectivity index (χ1) is 12.3. The summed E-state index contributed by atoms with van der Waals surface area (Å²) in [5.74, 6) is 1.58. The number of aliphatic hydroxyl groups is 1. The first-order valence-corrected chi connectivity index (χ1v) is 9.51. The van der Waals surface area contributed by atoms with Crippen LogP contribution in [0.25, 0.3) is 0 Å². The lowest BCUT2D eigenvalue weighted by molar-refractivity contribution is 0.130. The van der Waals surface area contributed by atoms with Crippen molar-refractivity contribution in [2.24, 2.45) is 0 Å². The Labute approximate surface area is 155 Å². The van der Waals surface area contributed by atoms with Crippen molar-refractivity contribution in [1.29, 1.82) is 0 Å². The van der Waals surface area contributed by atoms with Gasteiger partial charge in [0.1, 0.15) is 5.82 Å². The van der Waals surface area contributed by atoms with E-state index in [2.05, 4.69) is 44.0 Å². The molecule has 2 aliphatic heterocycles. The van der Waals surface area contributed by atoms with Gasteiger partial charge in [-0.1, -0.05) is 18.2 Å². The third kappa shape index (κ3) is 5.21. The molecule has 0 aromatic carbocycles. The Morgan fingerprint density at radius 3 is 2.96 bits per heavy atom. The first-order valence-electron chi connectivity index (χ1n) is 8.98. The summed E-state index contributed by atoms with van der Waals surface area (Å²) in [5.41, 5.74) is 1.23. The van der Waals surface area contributed by atoms with Gasteiger partial charge in [0.25, 0.3) is 0 Å². The number of rotatable bonds is 6. The molecule has 0 bridgehead atoms. The summed E-state index contributed by atoms with van der Waals surface area (Å²) >= 11 is 5.74. The molecule has 0 aliphatic carbocycles. The number of aliphatic hydroxyl groups excluding tert-OH is 1. The Bertz CT molecular complexity index is 592. The van der Waals surface area contributed by atoms with Crippen LogP contribution in [0.2, 0.25) is 0 Å². The topological polar surface area (TPSA) is 42.8 Å². The van der Waals surface area contributed by atoms with E-state index in [1.807, 2.05) is 18.5 Å². The molecule has 1 N–H and O–H groups in total. The van der Waals surface area contributed by atoms with Crippen LogP contribution in [-0.4, -0.2) is 76.0 Å². The summed E-state index contributed by atoms with van der Waals surface area (Å²) in [4.78, 5) is 11.4. The lowest BCUT2D eigenvalue weighted by atomic mass is 10.2. The largest absolute Gasteiger partial charge is 0.391 e. The maximum atomic E-state index is 9.80. The Morgan fingerprint density at radius 2 is 2.16 bits per heavy atom. The minimum Gasteiger partial charge on any atom is -0.391 e. The van der Waals surface area contributed by atoms with Gasteiger partial charge in [-0.25, -0.2) is 0 Å². The molecule has 1 saturated heterocycles. The third-order valence-electron chi connectivity index (χ3n) is 4.69. The fourth-order valence-electron chi connectivity index (χ4n) is 3.43. The average Bonchev–Trinajstić information content (AvgIpc) is 2.88. The van der Waals surface area contributed by atoms with Crippen LogP contribution in [0.4, 0.5) is 0 Å². The van der Waals surface area contributed by atoms with Crippen molar-refractivity contribution in [2.75, 3.05) is 45.1 Å². The average molecular weight is 363 g/mol. The van der Waals surface area contributed by atoms with Crippen molar-refractivity contribution < 1.29 is 5.11 Å². The minimum atomic E-state index is -0.438. The molecule has 1 fully saturated rings. The Morgan fingerprint density at radius 1 is 1.24 bits per heavy atom. The van der Waals surface area contributed by atoms with E-state index < -0.39 is 6.10 Å². The van der Waals surface area contributed by atoms with Gasteiger partial charge in [0, 0.05) is 57.5 Å². The van der Waals surface area contributed by atoms with Gasteiger partial charge >= 0.3 is 0 Å². The molecule has 0 amide bonds. The molecule has 1 aromatic heterocycles. The van der Waals surface area contributed by atoms with E-state index in [0.717, 1.165) is 45.7 Å². The maximum absolute atomic E-state index is 9.80. The third-order valence-corrected chi connectivity index (χ3v) is 5.04. The van der Waals surface area contributed by atoms with E-state index >= 15 is 0 Å². The van der Waals surface area contributed by atoms with Crippen molar-refractivity contribution in [3.63, 3.8) is 0 Å². The number of allylic oxidation sites excluding steroid dienone is 2. The van der Waals surface area contributed by atoms with Gasteiger partial charge < -0.3 is 14.9 Å². The number of hydrogen-bond acceptors (Lipinski definition) is 5. The maximum Gasteiger partial charge on any atom is 0.104 e. The summed E-state index contributed by atoms with van der Waals surface area (Å²) in [7, 11) is 0. The molecule has 3 rings (SSSR count). The van der Waals surface area contributed by atoms with Crippen molar-refractivity contribution >= 4 is 11.6 Å². The van der Waals surface area contributed by atoms with Crippen LogP contribution in [0, 0.1) is 0 Å². The van der Waals surface area contributed by atoms with Crippen molar-refractivity contribution in [3.8, 4) is 0 Å². The highest BCUT2D eigenvalue weighted by Crippen LogP contribution is 2.20. The first kappa shape index (κ1) is 18.2. The van der Waals surface area contributed by atoms with Crippen LogP contribution in [0.1, 0.15) is 12.0 Å². The van der Waals surface area contributed by atoms with Gasteiger partial charge in [0.15, 0.2) is 0 Å². The highest BCUT2D eigenvalue weighted by Gasteiger charge is 2.22. The van der Waals surface area contributed by atoms with E-state index in [4.69, 9.17) is 11.6 Å². The molecule has 2 aliphatic rings. The second kappa shape index (κ2) is 9.22. The van der Waals surface area contributed by atoms with E-state index in [9.17, 15) is 5.11 Å². The Hall–Kier alpha value is -1.56. The lowest BCUT2D eigenvalue weighted by Crippen LogP contribution is -2.39. The highest BCUT2D eigenvalue weighted by molar-refractivity contribution is 6.18. The van der Waals surface area contributed by atoms with Gasteiger partial charge in [0.2, 0.25) is 0 Å². The second-order valence-corrected chi connectivity index (χ2v) is 6.95. The predicted molar refractivity (Wildman–Crippen MR) is 101 cm³/mol. The summed E-state index contributed by atoms with van der Waals surface area (Å²) in [6, 6.07) is 4.12. The summed E-state index contributed by atoms with van der Waals surface area (Å²) in [6.07, 6.45) is 11.0. The second-order valence-electron chi connectivity index (χ2n) is 6.64. The van der Waals surface area contributed by atoms with Crippen molar-refractivity contribution in [3.05, 3.63) is 54.1 Å². The van der Waals surface area contributed by atoms with Crippen LogP contribution >= 0.6 is 11.6 Å². The molecule has 1 aromatic rings. The summed E-state index contributed by atoms with van der Waals surface area (Å²) in [5, 5.41) is 9.80. The van der Waals surface area contributed by atoms with Crippen molar-refractivity contribution in [2.45, 2.75) is 19.1 Å². The molecule has 25 heavy (non-hydrogen) atoms. The number of nitrogens with zero attached hydrogens (tertiary/aromatic N) is 4. The summed E-state index contributed by atoms with van der Waals surface area (Å²) < 4.78 is 0. The number of pyridine rings is 1. The molecular formula is C19H27ClN4O. The molecule has 5 nitrogen and oxygen atoms in total. The lowest BCUT2D eigenvalue weighted by Gasteiger charge is -2.36. The molecular weight excluding hydrogens is 336 g/mol. The van der Waals surface area contributed by atoms with Crippen LogP contribution in [0.3, 0.4) is 0 Å². The van der Waals surface area contributed by atoms with Crippen LogP contribution < -0.4 is 0 Å². The standard InChI is InChI=1S/C19H27ClN4O/c20-13-18(25)16-22-8-4-10-23(12-11-22)19-6-1-2-9-24(19)15-17-5-3-7-21-14-17/h1-3,5-7,14,18,25H,4,8-13,15-16H2.